The minimum atomic E-state index is 0.661. The van der Waals surface area contributed by atoms with Gasteiger partial charge < -0.3 is 15.8 Å². The summed E-state index contributed by atoms with van der Waals surface area (Å²) in [4.78, 5) is 4.06. The molecule has 0 aliphatic heterocycles. The summed E-state index contributed by atoms with van der Waals surface area (Å²) in [6, 6.07) is 1.94. The summed E-state index contributed by atoms with van der Waals surface area (Å²) in [6.45, 7) is 4.18. The number of pyridine rings is 1. The molecule has 1 heterocycles. The third-order valence-electron chi connectivity index (χ3n) is 1.73. The molecule has 0 bridgehead atoms. The van der Waals surface area contributed by atoms with Crippen molar-refractivity contribution in [2.24, 2.45) is 5.73 Å². The lowest BCUT2D eigenvalue weighted by atomic mass is 10.3. The Morgan fingerprint density at radius 1 is 1.50 bits per heavy atom. The van der Waals surface area contributed by atoms with Gasteiger partial charge in [-0.1, -0.05) is 0 Å². The van der Waals surface area contributed by atoms with Gasteiger partial charge in [-0.15, -0.1) is 0 Å². The van der Waals surface area contributed by atoms with Crippen molar-refractivity contribution in [1.82, 2.24) is 4.98 Å². The highest BCUT2D eigenvalue weighted by atomic mass is 16.5. The van der Waals surface area contributed by atoms with Crippen LogP contribution in [0.3, 0.4) is 0 Å². The first-order valence-corrected chi connectivity index (χ1v) is 4.88. The van der Waals surface area contributed by atoms with Gasteiger partial charge in [0.1, 0.15) is 5.75 Å². The van der Waals surface area contributed by atoms with Crippen LogP contribution in [-0.4, -0.2) is 24.7 Å². The largest absolute Gasteiger partial charge is 0.492 e. The van der Waals surface area contributed by atoms with Crippen molar-refractivity contribution >= 4 is 5.69 Å². The molecule has 78 valence electrons. The van der Waals surface area contributed by atoms with Gasteiger partial charge in [-0.2, -0.15) is 0 Å². The summed E-state index contributed by atoms with van der Waals surface area (Å²) in [5.41, 5.74) is 6.37. The van der Waals surface area contributed by atoms with Gasteiger partial charge in [0.05, 0.1) is 24.7 Å². The van der Waals surface area contributed by atoms with Gasteiger partial charge in [0.15, 0.2) is 0 Å². The number of hydrogen-bond donors (Lipinski definition) is 2. The molecule has 14 heavy (non-hydrogen) atoms. The molecule has 0 atom stereocenters. The molecule has 0 amide bonds. The normalized spacial score (nSPS) is 9.86. The van der Waals surface area contributed by atoms with Crippen molar-refractivity contribution in [2.75, 3.05) is 25.0 Å². The molecule has 0 radical (unpaired) electrons. The SMILES string of the molecule is CCOc1cncc(NCCCN)c1. The zero-order valence-corrected chi connectivity index (χ0v) is 8.49. The lowest BCUT2D eigenvalue weighted by molar-refractivity contribution is 0.339. The van der Waals surface area contributed by atoms with Gasteiger partial charge in [-0.05, 0) is 19.9 Å². The second-order valence-electron chi connectivity index (χ2n) is 2.91. The van der Waals surface area contributed by atoms with Crippen LogP contribution in [0.5, 0.6) is 5.75 Å². The van der Waals surface area contributed by atoms with Crippen molar-refractivity contribution in [3.8, 4) is 5.75 Å². The summed E-state index contributed by atoms with van der Waals surface area (Å²) in [5.74, 6) is 0.797. The van der Waals surface area contributed by atoms with E-state index in [1.165, 1.54) is 0 Å². The Balaban J connectivity index is 2.46. The molecule has 0 unspecified atom stereocenters. The van der Waals surface area contributed by atoms with E-state index in [2.05, 4.69) is 10.3 Å². The van der Waals surface area contributed by atoms with Crippen LogP contribution < -0.4 is 15.8 Å². The lowest BCUT2D eigenvalue weighted by Gasteiger charge is -2.07. The molecule has 1 aromatic rings. The molecular formula is C10H17N3O. The van der Waals surface area contributed by atoms with Gasteiger partial charge in [0, 0.05) is 12.6 Å². The average Bonchev–Trinajstić information content (AvgIpc) is 2.19. The smallest absolute Gasteiger partial charge is 0.139 e. The summed E-state index contributed by atoms with van der Waals surface area (Å²) in [6.07, 6.45) is 4.44. The first-order chi connectivity index (χ1) is 6.86. The fourth-order valence-corrected chi connectivity index (χ4v) is 1.10. The number of nitrogens with one attached hydrogen (secondary N) is 1. The Morgan fingerprint density at radius 3 is 3.07 bits per heavy atom. The molecule has 4 nitrogen and oxygen atoms in total. The first-order valence-electron chi connectivity index (χ1n) is 4.88. The summed E-state index contributed by atoms with van der Waals surface area (Å²) in [5, 5.41) is 3.22. The van der Waals surface area contributed by atoms with E-state index in [0.29, 0.717) is 13.2 Å². The Bertz CT molecular complexity index is 265. The fraction of sp³-hybridized carbons (Fsp3) is 0.500. The van der Waals surface area contributed by atoms with Crippen molar-refractivity contribution in [3.63, 3.8) is 0 Å². The Labute approximate surface area is 84.5 Å². The van der Waals surface area contributed by atoms with Crippen molar-refractivity contribution in [1.29, 1.82) is 0 Å². The van der Waals surface area contributed by atoms with E-state index in [1.54, 1.807) is 12.4 Å². The van der Waals surface area contributed by atoms with Crippen molar-refractivity contribution in [2.45, 2.75) is 13.3 Å². The molecule has 1 aromatic heterocycles. The molecule has 0 aromatic carbocycles. The van der Waals surface area contributed by atoms with Crippen LogP contribution in [0.2, 0.25) is 0 Å². The monoisotopic (exact) mass is 195 g/mol. The van der Waals surface area contributed by atoms with Crippen LogP contribution >= 0.6 is 0 Å². The van der Waals surface area contributed by atoms with E-state index in [9.17, 15) is 0 Å². The van der Waals surface area contributed by atoms with Gasteiger partial charge in [-0.3, -0.25) is 4.98 Å². The van der Waals surface area contributed by atoms with Crippen LogP contribution in [0, 0.1) is 0 Å². The van der Waals surface area contributed by atoms with Crippen LogP contribution in [0.4, 0.5) is 5.69 Å². The molecular weight excluding hydrogens is 178 g/mol. The summed E-state index contributed by atoms with van der Waals surface area (Å²) < 4.78 is 5.33. The summed E-state index contributed by atoms with van der Waals surface area (Å²) >= 11 is 0. The maximum atomic E-state index is 5.39. The predicted octanol–water partition coefficient (Wildman–Crippen LogP) is 1.24. The highest BCUT2D eigenvalue weighted by Crippen LogP contribution is 2.14. The van der Waals surface area contributed by atoms with E-state index in [4.69, 9.17) is 10.5 Å². The number of nitrogens with two attached hydrogens (primary N) is 1. The van der Waals surface area contributed by atoms with Crippen LogP contribution in [0.15, 0.2) is 18.5 Å². The minimum absolute atomic E-state index is 0.661. The molecule has 0 spiro atoms. The molecule has 1 rings (SSSR count). The standard InChI is InChI=1S/C10H17N3O/c1-2-14-10-6-9(7-12-8-10)13-5-3-4-11/h6-8,13H,2-5,11H2,1H3. The van der Waals surface area contributed by atoms with Crippen molar-refractivity contribution < 1.29 is 4.74 Å². The molecule has 0 saturated heterocycles. The Morgan fingerprint density at radius 2 is 2.36 bits per heavy atom. The second-order valence-corrected chi connectivity index (χ2v) is 2.91. The third-order valence-corrected chi connectivity index (χ3v) is 1.73. The van der Waals surface area contributed by atoms with Crippen LogP contribution in [-0.2, 0) is 0 Å². The number of hydrogen-bond acceptors (Lipinski definition) is 4. The maximum Gasteiger partial charge on any atom is 0.139 e. The first kappa shape index (κ1) is 10.8. The quantitative estimate of drug-likeness (QED) is 0.670. The van der Waals surface area contributed by atoms with E-state index in [1.807, 2.05) is 13.0 Å². The number of rotatable bonds is 6. The van der Waals surface area contributed by atoms with Crippen LogP contribution in [0.25, 0.3) is 0 Å². The second kappa shape index (κ2) is 6.21. The van der Waals surface area contributed by atoms with E-state index in [0.717, 1.165) is 24.4 Å². The van der Waals surface area contributed by atoms with E-state index < -0.39 is 0 Å². The molecule has 0 aliphatic carbocycles. The third kappa shape index (κ3) is 3.62. The minimum Gasteiger partial charge on any atom is -0.492 e. The van der Waals surface area contributed by atoms with Gasteiger partial charge in [0.2, 0.25) is 0 Å². The number of aromatic nitrogens is 1. The highest BCUT2D eigenvalue weighted by molar-refractivity contribution is 5.44. The number of ether oxygens (including phenoxy) is 1. The average molecular weight is 195 g/mol. The Kier molecular flexibility index (Phi) is 4.78. The van der Waals surface area contributed by atoms with E-state index >= 15 is 0 Å². The molecule has 4 heteroatoms. The van der Waals surface area contributed by atoms with Crippen molar-refractivity contribution in [3.05, 3.63) is 18.5 Å². The van der Waals surface area contributed by atoms with E-state index in [-0.39, 0.29) is 0 Å². The maximum absolute atomic E-state index is 5.39. The molecule has 3 N–H and O–H groups in total. The summed E-state index contributed by atoms with van der Waals surface area (Å²) in [7, 11) is 0. The number of nitrogens with zero attached hydrogens (tertiary/aromatic N) is 1. The van der Waals surface area contributed by atoms with Gasteiger partial charge in [0.25, 0.3) is 0 Å². The fourth-order valence-electron chi connectivity index (χ4n) is 1.10. The number of anilines is 1. The zero-order chi connectivity index (χ0) is 10.2. The molecule has 0 saturated carbocycles. The topological polar surface area (TPSA) is 60.2 Å². The molecule has 0 fully saturated rings. The highest BCUT2D eigenvalue weighted by Gasteiger charge is 1.95. The predicted molar refractivity (Wildman–Crippen MR) is 57.6 cm³/mol. The Hall–Kier alpha value is -1.29. The van der Waals surface area contributed by atoms with Gasteiger partial charge >= 0.3 is 0 Å². The van der Waals surface area contributed by atoms with Crippen LogP contribution in [0.1, 0.15) is 13.3 Å². The lowest BCUT2D eigenvalue weighted by Crippen LogP contribution is -2.08. The zero-order valence-electron chi connectivity index (χ0n) is 8.49. The molecule has 0 aliphatic rings. The van der Waals surface area contributed by atoms with Gasteiger partial charge in [-0.25, -0.2) is 0 Å².